The summed E-state index contributed by atoms with van der Waals surface area (Å²) in [7, 11) is 0. The first kappa shape index (κ1) is 15.8. The second-order valence-corrected chi connectivity index (χ2v) is 8.49. The Labute approximate surface area is 137 Å². The maximum absolute atomic E-state index is 6.48. The van der Waals surface area contributed by atoms with Gasteiger partial charge in [-0.1, -0.05) is 37.8 Å². The van der Waals surface area contributed by atoms with Crippen molar-refractivity contribution in [3.63, 3.8) is 0 Å². The zero-order chi connectivity index (χ0) is 14.8. The summed E-state index contributed by atoms with van der Waals surface area (Å²) in [6.07, 6.45) is 8.11. The molecule has 0 amide bonds. The van der Waals surface area contributed by atoms with Crippen LogP contribution in [0.15, 0.2) is 12.1 Å². The number of hydrogen-bond donors (Lipinski definition) is 1. The van der Waals surface area contributed by atoms with E-state index in [1.165, 1.54) is 50.1 Å². The molecule has 0 spiro atoms. The van der Waals surface area contributed by atoms with E-state index in [1.807, 2.05) is 6.07 Å². The second-order valence-electron chi connectivity index (χ2n) is 6.75. The summed E-state index contributed by atoms with van der Waals surface area (Å²) in [6.45, 7) is 4.63. The van der Waals surface area contributed by atoms with E-state index in [0.717, 1.165) is 22.6 Å². The lowest BCUT2D eigenvalue weighted by atomic mass is 9.74. The molecule has 2 fully saturated rings. The van der Waals surface area contributed by atoms with Gasteiger partial charge in [-0.15, -0.1) is 11.3 Å². The maximum Gasteiger partial charge on any atom is 0.0931 e. The molecule has 0 aromatic carbocycles. The van der Waals surface area contributed by atoms with Gasteiger partial charge < -0.3 is 5.73 Å². The lowest BCUT2D eigenvalue weighted by Crippen LogP contribution is -2.48. The molecule has 2 nitrogen and oxygen atoms in total. The average Bonchev–Trinajstić information content (AvgIpc) is 2.93. The van der Waals surface area contributed by atoms with Crippen LogP contribution in [0.2, 0.25) is 4.34 Å². The summed E-state index contributed by atoms with van der Waals surface area (Å²) >= 11 is 7.87. The summed E-state index contributed by atoms with van der Waals surface area (Å²) in [5, 5.41) is 0. The van der Waals surface area contributed by atoms with E-state index in [0.29, 0.717) is 6.04 Å². The van der Waals surface area contributed by atoms with Crippen molar-refractivity contribution in [2.45, 2.75) is 57.5 Å². The van der Waals surface area contributed by atoms with Crippen molar-refractivity contribution in [3.8, 4) is 0 Å². The van der Waals surface area contributed by atoms with Gasteiger partial charge in [-0.2, -0.15) is 0 Å². The summed E-state index contributed by atoms with van der Waals surface area (Å²) in [4.78, 5) is 4.01. The number of nitrogens with zero attached hydrogens (tertiary/aromatic N) is 1. The van der Waals surface area contributed by atoms with E-state index in [9.17, 15) is 0 Å². The van der Waals surface area contributed by atoms with Crippen LogP contribution < -0.4 is 5.73 Å². The van der Waals surface area contributed by atoms with E-state index in [1.54, 1.807) is 11.3 Å². The van der Waals surface area contributed by atoms with Crippen LogP contribution in [-0.2, 0) is 0 Å². The molecule has 1 aliphatic carbocycles. The van der Waals surface area contributed by atoms with Crippen LogP contribution in [0.3, 0.4) is 0 Å². The molecule has 2 N–H and O–H groups in total. The molecule has 2 aliphatic rings. The summed E-state index contributed by atoms with van der Waals surface area (Å²) in [6, 6.07) is 4.76. The highest BCUT2D eigenvalue weighted by atomic mass is 35.5. The van der Waals surface area contributed by atoms with Gasteiger partial charge in [0.05, 0.1) is 10.4 Å². The number of likely N-dealkylation sites (tertiary alicyclic amines) is 1. The highest BCUT2D eigenvalue weighted by molar-refractivity contribution is 7.16. The van der Waals surface area contributed by atoms with Crippen LogP contribution in [0.4, 0.5) is 0 Å². The molecular formula is C17H27ClN2S. The summed E-state index contributed by atoms with van der Waals surface area (Å²) in [5.74, 6) is 1.87. The van der Waals surface area contributed by atoms with Crippen LogP contribution >= 0.6 is 22.9 Å². The molecule has 1 aromatic rings. The van der Waals surface area contributed by atoms with E-state index < -0.39 is 0 Å². The van der Waals surface area contributed by atoms with Crippen molar-refractivity contribution < 1.29 is 0 Å². The minimum Gasteiger partial charge on any atom is -0.326 e. The van der Waals surface area contributed by atoms with Crippen molar-refractivity contribution in [2.24, 2.45) is 17.6 Å². The van der Waals surface area contributed by atoms with Crippen molar-refractivity contribution in [2.75, 3.05) is 13.1 Å². The fraction of sp³-hybridized carbons (Fsp3) is 0.765. The number of halogens is 1. The fourth-order valence-corrected chi connectivity index (χ4v) is 5.53. The van der Waals surface area contributed by atoms with E-state index in [2.05, 4.69) is 17.9 Å². The number of nitrogens with two attached hydrogens (primary N) is 1. The molecular weight excluding hydrogens is 300 g/mol. The summed E-state index contributed by atoms with van der Waals surface area (Å²) < 4.78 is 0.880. The first-order valence-electron chi connectivity index (χ1n) is 8.44. The Morgan fingerprint density at radius 2 is 2.05 bits per heavy atom. The van der Waals surface area contributed by atoms with Crippen LogP contribution in [0.25, 0.3) is 0 Å². The number of thiophene rings is 1. The fourth-order valence-electron chi connectivity index (χ4n) is 4.25. The standard InChI is InChI=1S/C17H27ClN2S/c1-2-14(19)17(15-7-8-16(18)21-15)20-10-9-12-5-3-4-6-13(12)11-20/h7-8,12-14,17H,2-6,9-11,19H2,1H3. The van der Waals surface area contributed by atoms with Crippen LogP contribution in [-0.4, -0.2) is 24.0 Å². The van der Waals surface area contributed by atoms with Gasteiger partial charge in [0.2, 0.25) is 0 Å². The molecule has 0 radical (unpaired) electrons. The van der Waals surface area contributed by atoms with Crippen LogP contribution in [0.5, 0.6) is 0 Å². The van der Waals surface area contributed by atoms with Crippen molar-refractivity contribution in [1.82, 2.24) is 4.90 Å². The first-order chi connectivity index (χ1) is 10.2. The van der Waals surface area contributed by atoms with Crippen LogP contribution in [0.1, 0.15) is 56.4 Å². The molecule has 4 unspecified atom stereocenters. The molecule has 4 heteroatoms. The Balaban J connectivity index is 1.77. The van der Waals surface area contributed by atoms with Crippen molar-refractivity contribution in [3.05, 3.63) is 21.3 Å². The SMILES string of the molecule is CCC(N)C(c1ccc(Cl)s1)N1CCC2CCCCC2C1. The van der Waals surface area contributed by atoms with Gasteiger partial charge in [-0.25, -0.2) is 0 Å². The topological polar surface area (TPSA) is 29.3 Å². The molecule has 1 aliphatic heterocycles. The molecule has 2 heterocycles. The van der Waals surface area contributed by atoms with Crippen LogP contribution in [0, 0.1) is 11.8 Å². The third-order valence-electron chi connectivity index (χ3n) is 5.48. The van der Waals surface area contributed by atoms with E-state index in [4.69, 9.17) is 17.3 Å². The smallest absolute Gasteiger partial charge is 0.0931 e. The quantitative estimate of drug-likeness (QED) is 0.869. The number of rotatable bonds is 4. The molecule has 1 saturated carbocycles. The highest BCUT2D eigenvalue weighted by Gasteiger charge is 2.36. The Bertz CT molecular complexity index is 461. The third-order valence-corrected chi connectivity index (χ3v) is 6.78. The zero-order valence-corrected chi connectivity index (χ0v) is 14.5. The minimum absolute atomic E-state index is 0.208. The lowest BCUT2D eigenvalue weighted by Gasteiger charge is -2.45. The molecule has 0 bridgehead atoms. The monoisotopic (exact) mass is 326 g/mol. The van der Waals surface area contributed by atoms with E-state index in [-0.39, 0.29) is 6.04 Å². The Hall–Kier alpha value is -0.0900. The maximum atomic E-state index is 6.48. The average molecular weight is 327 g/mol. The molecule has 1 aromatic heterocycles. The predicted octanol–water partition coefficient (Wildman–Crippen LogP) is 4.69. The molecule has 4 atom stereocenters. The van der Waals surface area contributed by atoms with Gasteiger partial charge in [-0.05, 0) is 49.8 Å². The predicted molar refractivity (Wildman–Crippen MR) is 92.0 cm³/mol. The second kappa shape index (κ2) is 6.99. The van der Waals surface area contributed by atoms with E-state index >= 15 is 0 Å². The van der Waals surface area contributed by atoms with Gasteiger partial charge >= 0.3 is 0 Å². The van der Waals surface area contributed by atoms with Crippen molar-refractivity contribution >= 4 is 22.9 Å². The number of piperidine rings is 1. The van der Waals surface area contributed by atoms with Gasteiger partial charge in [0.25, 0.3) is 0 Å². The molecule has 3 rings (SSSR count). The molecule has 1 saturated heterocycles. The number of fused-ring (bicyclic) bond motifs is 1. The first-order valence-corrected chi connectivity index (χ1v) is 9.63. The third kappa shape index (κ3) is 3.47. The Kier molecular flexibility index (Phi) is 5.26. The molecule has 118 valence electrons. The summed E-state index contributed by atoms with van der Waals surface area (Å²) in [5.41, 5.74) is 6.48. The van der Waals surface area contributed by atoms with Gasteiger partial charge in [0, 0.05) is 17.5 Å². The van der Waals surface area contributed by atoms with Crippen molar-refractivity contribution in [1.29, 1.82) is 0 Å². The normalized spacial score (nSPS) is 29.9. The lowest BCUT2D eigenvalue weighted by molar-refractivity contribution is 0.0482. The van der Waals surface area contributed by atoms with Gasteiger partial charge in [0.1, 0.15) is 0 Å². The molecule has 21 heavy (non-hydrogen) atoms. The Morgan fingerprint density at radius 1 is 1.29 bits per heavy atom. The Morgan fingerprint density at radius 3 is 2.71 bits per heavy atom. The van der Waals surface area contributed by atoms with Gasteiger partial charge in [0.15, 0.2) is 0 Å². The zero-order valence-electron chi connectivity index (χ0n) is 12.9. The number of hydrogen-bond acceptors (Lipinski definition) is 3. The largest absolute Gasteiger partial charge is 0.326 e. The highest BCUT2D eigenvalue weighted by Crippen LogP contribution is 2.41. The minimum atomic E-state index is 0.208. The van der Waals surface area contributed by atoms with Gasteiger partial charge in [-0.3, -0.25) is 4.90 Å².